The van der Waals surface area contributed by atoms with Gasteiger partial charge in [-0.1, -0.05) is 86.3 Å². The van der Waals surface area contributed by atoms with Gasteiger partial charge in [-0.25, -0.2) is 0 Å². The van der Waals surface area contributed by atoms with E-state index in [1.165, 1.54) is 0 Å². The maximum absolute atomic E-state index is 14.2. The van der Waals surface area contributed by atoms with Crippen LogP contribution in [0.5, 0.6) is 0 Å². The maximum Gasteiger partial charge on any atom is 0.246 e. The fourth-order valence-electron chi connectivity index (χ4n) is 7.09. The number of carbonyl (C=O) groups is 3. The Morgan fingerprint density at radius 2 is 1.88 bits per heavy atom. The summed E-state index contributed by atoms with van der Waals surface area (Å²) >= 11 is 12.6. The summed E-state index contributed by atoms with van der Waals surface area (Å²) in [6.07, 6.45) is 6.10. The number of likely N-dealkylation sites (tertiary alicyclic amines) is 1. The average Bonchev–Trinajstić information content (AvgIpc) is 3.55. The summed E-state index contributed by atoms with van der Waals surface area (Å²) in [4.78, 5) is 43.6. The second-order valence-electron chi connectivity index (χ2n) is 11.6. The highest BCUT2D eigenvalue weighted by Crippen LogP contribution is 2.55. The average molecular weight is 583 g/mol. The van der Waals surface area contributed by atoms with Crippen molar-refractivity contribution in [1.82, 2.24) is 10.2 Å². The highest BCUT2D eigenvalue weighted by Gasteiger charge is 2.72. The van der Waals surface area contributed by atoms with E-state index >= 15 is 0 Å². The molecule has 210 valence electrons. The van der Waals surface area contributed by atoms with Crippen LogP contribution in [0, 0.1) is 23.7 Å². The Morgan fingerprint density at radius 3 is 2.65 bits per heavy atom. The molecule has 2 aromatic rings. The Morgan fingerprint density at radius 1 is 1.07 bits per heavy atom. The molecule has 4 aliphatic rings. The number of halogens is 2. The molecule has 0 aromatic heterocycles. The predicted octanol–water partition coefficient (Wildman–Crippen LogP) is 5.22. The minimum atomic E-state index is -1.24. The van der Waals surface area contributed by atoms with Crippen LogP contribution < -0.4 is 10.6 Å². The number of amides is 3. The predicted molar refractivity (Wildman–Crippen MR) is 154 cm³/mol. The van der Waals surface area contributed by atoms with Crippen LogP contribution in [0.1, 0.15) is 38.7 Å². The molecule has 8 atom stereocenters. The molecule has 9 heteroatoms. The van der Waals surface area contributed by atoms with Crippen molar-refractivity contribution in [3.8, 4) is 0 Å². The second-order valence-corrected chi connectivity index (χ2v) is 12.5. The van der Waals surface area contributed by atoms with E-state index in [1.54, 1.807) is 35.2 Å². The molecule has 3 aliphatic heterocycles. The topological polar surface area (TPSA) is 87.7 Å². The number of rotatable bonds is 6. The Bertz CT molecular complexity index is 1380. The van der Waals surface area contributed by atoms with E-state index < -0.39 is 29.6 Å². The Labute approximate surface area is 244 Å². The van der Waals surface area contributed by atoms with Gasteiger partial charge >= 0.3 is 0 Å². The first-order valence-corrected chi connectivity index (χ1v) is 14.7. The first-order chi connectivity index (χ1) is 19.2. The van der Waals surface area contributed by atoms with E-state index in [1.807, 2.05) is 30.4 Å². The van der Waals surface area contributed by atoms with Gasteiger partial charge in [0.25, 0.3) is 0 Å². The van der Waals surface area contributed by atoms with Gasteiger partial charge in [-0.15, -0.1) is 0 Å². The van der Waals surface area contributed by atoms with Crippen molar-refractivity contribution in [2.75, 3.05) is 5.32 Å². The van der Waals surface area contributed by atoms with Gasteiger partial charge in [-0.05, 0) is 48.1 Å². The van der Waals surface area contributed by atoms with Gasteiger partial charge in [-0.2, -0.15) is 0 Å². The zero-order valence-corrected chi connectivity index (χ0v) is 24.0. The van der Waals surface area contributed by atoms with E-state index in [-0.39, 0.29) is 30.3 Å². The fourth-order valence-corrected chi connectivity index (χ4v) is 7.47. The SMILES string of the molecule is CC1CCCC(NC(=O)C2N(Cc3ccccc3Cl)C(=O)C3C(C(=O)Nc4cccc(Cl)c4)C4C=CC32O4)C1C. The summed E-state index contributed by atoms with van der Waals surface area (Å²) in [5.74, 6) is -1.72. The summed E-state index contributed by atoms with van der Waals surface area (Å²) in [7, 11) is 0. The molecule has 2 aromatic carbocycles. The summed E-state index contributed by atoms with van der Waals surface area (Å²) in [5.41, 5.74) is 0.0172. The van der Waals surface area contributed by atoms with Crippen molar-refractivity contribution in [2.45, 2.75) is 63.4 Å². The number of hydrogen-bond donors (Lipinski definition) is 2. The lowest BCUT2D eigenvalue weighted by atomic mass is 9.73. The van der Waals surface area contributed by atoms with Crippen LogP contribution in [0.25, 0.3) is 0 Å². The lowest BCUT2D eigenvalue weighted by molar-refractivity contribution is -0.142. The summed E-state index contributed by atoms with van der Waals surface area (Å²) in [6.45, 7) is 4.52. The molecule has 40 heavy (non-hydrogen) atoms. The highest BCUT2D eigenvalue weighted by molar-refractivity contribution is 6.31. The molecular weight excluding hydrogens is 549 g/mol. The third-order valence-electron chi connectivity index (χ3n) is 9.35. The molecule has 3 amide bonds. The fraction of sp³-hybridized carbons (Fsp3) is 0.452. The molecule has 2 bridgehead atoms. The molecule has 3 heterocycles. The third kappa shape index (κ3) is 4.52. The van der Waals surface area contributed by atoms with E-state index in [9.17, 15) is 14.4 Å². The maximum atomic E-state index is 14.2. The van der Waals surface area contributed by atoms with Crippen LogP contribution in [0.4, 0.5) is 5.69 Å². The standard InChI is InChI=1S/C31H33Cl2N3O4/c1-17-7-5-12-23(18(17)2)35-29(38)27-31-14-13-24(40-31)25(28(37)34-21-10-6-9-20(32)15-21)26(31)30(39)36(27)16-19-8-3-4-11-22(19)33/h3-4,6,8-11,13-15,17-18,23-27H,5,7,12,16H2,1-2H3,(H,34,37)(H,35,38). The van der Waals surface area contributed by atoms with Crippen LogP contribution in [0.2, 0.25) is 10.0 Å². The number of fused-ring (bicyclic) bond motifs is 1. The third-order valence-corrected chi connectivity index (χ3v) is 9.95. The number of nitrogens with one attached hydrogen (secondary N) is 2. The molecular formula is C31H33Cl2N3O4. The number of nitrogens with zero attached hydrogens (tertiary/aromatic N) is 1. The zero-order valence-electron chi connectivity index (χ0n) is 22.5. The molecule has 1 aliphatic carbocycles. The van der Waals surface area contributed by atoms with Crippen LogP contribution in [-0.2, 0) is 25.7 Å². The van der Waals surface area contributed by atoms with E-state index in [2.05, 4.69) is 24.5 Å². The van der Waals surface area contributed by atoms with Crippen molar-refractivity contribution in [3.63, 3.8) is 0 Å². The number of benzene rings is 2. The molecule has 1 saturated carbocycles. The molecule has 3 fully saturated rings. The second kappa shape index (κ2) is 10.5. The minimum Gasteiger partial charge on any atom is -0.359 e. The lowest BCUT2D eigenvalue weighted by Gasteiger charge is -2.38. The Kier molecular flexibility index (Phi) is 7.18. The number of carbonyl (C=O) groups excluding carboxylic acids is 3. The van der Waals surface area contributed by atoms with Crippen LogP contribution >= 0.6 is 23.2 Å². The van der Waals surface area contributed by atoms with Crippen molar-refractivity contribution >= 4 is 46.6 Å². The Hall–Kier alpha value is -2.87. The molecule has 0 radical (unpaired) electrons. The molecule has 8 unspecified atom stereocenters. The summed E-state index contributed by atoms with van der Waals surface area (Å²) in [5, 5.41) is 7.18. The first kappa shape index (κ1) is 27.3. The largest absolute Gasteiger partial charge is 0.359 e. The molecule has 2 saturated heterocycles. The quantitative estimate of drug-likeness (QED) is 0.457. The van der Waals surface area contributed by atoms with Crippen LogP contribution in [0.15, 0.2) is 60.7 Å². The van der Waals surface area contributed by atoms with Gasteiger partial charge in [0.05, 0.1) is 17.9 Å². The van der Waals surface area contributed by atoms with Gasteiger partial charge in [-0.3, -0.25) is 14.4 Å². The van der Waals surface area contributed by atoms with E-state index in [0.29, 0.717) is 27.6 Å². The van der Waals surface area contributed by atoms with Crippen molar-refractivity contribution in [2.24, 2.45) is 23.7 Å². The lowest BCUT2D eigenvalue weighted by Crippen LogP contribution is -2.57. The molecule has 6 rings (SSSR count). The summed E-state index contributed by atoms with van der Waals surface area (Å²) < 4.78 is 6.46. The normalized spacial score (nSPS) is 34.1. The van der Waals surface area contributed by atoms with E-state index in [0.717, 1.165) is 24.8 Å². The van der Waals surface area contributed by atoms with E-state index in [4.69, 9.17) is 27.9 Å². The van der Waals surface area contributed by atoms with Gasteiger partial charge in [0, 0.05) is 28.3 Å². The first-order valence-electron chi connectivity index (χ1n) is 14.0. The number of hydrogen-bond acceptors (Lipinski definition) is 4. The van der Waals surface area contributed by atoms with Crippen LogP contribution in [-0.4, -0.2) is 46.4 Å². The minimum absolute atomic E-state index is 0.00785. The van der Waals surface area contributed by atoms with Crippen molar-refractivity contribution in [1.29, 1.82) is 0 Å². The number of anilines is 1. The molecule has 7 nitrogen and oxygen atoms in total. The number of ether oxygens (including phenoxy) is 1. The molecule has 2 N–H and O–H groups in total. The highest BCUT2D eigenvalue weighted by atomic mass is 35.5. The van der Waals surface area contributed by atoms with Crippen molar-refractivity contribution < 1.29 is 19.1 Å². The Balaban J connectivity index is 1.34. The smallest absolute Gasteiger partial charge is 0.246 e. The zero-order chi connectivity index (χ0) is 28.2. The van der Waals surface area contributed by atoms with Crippen molar-refractivity contribution in [3.05, 3.63) is 76.3 Å². The van der Waals surface area contributed by atoms with Gasteiger partial charge in [0.1, 0.15) is 11.6 Å². The van der Waals surface area contributed by atoms with Crippen LogP contribution in [0.3, 0.4) is 0 Å². The van der Waals surface area contributed by atoms with Gasteiger partial charge in [0.15, 0.2) is 0 Å². The van der Waals surface area contributed by atoms with Gasteiger partial charge in [0.2, 0.25) is 17.7 Å². The molecule has 1 spiro atoms. The summed E-state index contributed by atoms with van der Waals surface area (Å²) in [6, 6.07) is 13.2. The monoisotopic (exact) mass is 581 g/mol. The van der Waals surface area contributed by atoms with Gasteiger partial charge < -0.3 is 20.3 Å².